The molecule has 0 N–H and O–H groups in total. The fraction of sp³-hybridized carbons (Fsp3) is 0.190. The quantitative estimate of drug-likeness (QED) is 0.470. The van der Waals surface area contributed by atoms with Crippen molar-refractivity contribution in [1.29, 1.82) is 0 Å². The van der Waals surface area contributed by atoms with Gasteiger partial charge in [-0.3, -0.25) is 4.79 Å². The highest BCUT2D eigenvalue weighted by atomic mass is 35.5. The van der Waals surface area contributed by atoms with Gasteiger partial charge in [0.25, 0.3) is 0 Å². The molecule has 0 aliphatic carbocycles. The molecule has 0 bridgehead atoms. The maximum absolute atomic E-state index is 12.5. The van der Waals surface area contributed by atoms with E-state index in [0.29, 0.717) is 17.2 Å². The van der Waals surface area contributed by atoms with E-state index in [9.17, 15) is 4.79 Å². The molecule has 0 fully saturated rings. The van der Waals surface area contributed by atoms with Crippen LogP contribution in [0, 0.1) is 6.92 Å². The van der Waals surface area contributed by atoms with Crippen LogP contribution in [0.4, 0.5) is 0 Å². The maximum Gasteiger partial charge on any atom is 0.173 e. The number of hydrogen-bond donors (Lipinski definition) is 0. The van der Waals surface area contributed by atoms with E-state index in [1.807, 2.05) is 55.5 Å². The smallest absolute Gasteiger partial charge is 0.173 e. The molecule has 1 aromatic heterocycles. The average molecular weight is 371 g/mol. The molecule has 0 aliphatic rings. The first-order valence-electron chi connectivity index (χ1n) is 8.12. The van der Waals surface area contributed by atoms with Crippen LogP contribution in [0.25, 0.3) is 21.6 Å². The van der Waals surface area contributed by atoms with E-state index >= 15 is 0 Å². The molecule has 4 heteroatoms. The van der Waals surface area contributed by atoms with Crippen LogP contribution in [0.1, 0.15) is 28.6 Å². The highest BCUT2D eigenvalue weighted by Crippen LogP contribution is 2.43. The van der Waals surface area contributed by atoms with Crippen molar-refractivity contribution in [3.8, 4) is 27.3 Å². The molecule has 3 aromatic rings. The first-order valence-corrected chi connectivity index (χ1v) is 9.32. The predicted octanol–water partition coefficient (Wildman–Crippen LogP) is 6.65. The molecule has 2 nitrogen and oxygen atoms in total. The molecule has 0 saturated heterocycles. The van der Waals surface area contributed by atoms with Gasteiger partial charge >= 0.3 is 0 Å². The van der Waals surface area contributed by atoms with Crippen molar-refractivity contribution >= 4 is 28.7 Å². The van der Waals surface area contributed by atoms with E-state index in [4.69, 9.17) is 16.3 Å². The number of ketones is 1. The van der Waals surface area contributed by atoms with Gasteiger partial charge in [0.1, 0.15) is 5.75 Å². The third-order valence-corrected chi connectivity index (χ3v) is 5.87. The summed E-state index contributed by atoms with van der Waals surface area (Å²) < 4.78 is 5.24. The summed E-state index contributed by atoms with van der Waals surface area (Å²) in [6, 6.07) is 15.8. The third-order valence-electron chi connectivity index (χ3n) is 4.20. The molecule has 0 spiro atoms. The fourth-order valence-electron chi connectivity index (χ4n) is 2.91. The van der Waals surface area contributed by atoms with Gasteiger partial charge in [-0.05, 0) is 41.8 Å². The van der Waals surface area contributed by atoms with Gasteiger partial charge < -0.3 is 4.74 Å². The van der Waals surface area contributed by atoms with E-state index < -0.39 is 0 Å². The number of ether oxygens (including phenoxy) is 1. The summed E-state index contributed by atoms with van der Waals surface area (Å²) in [6.07, 6.45) is 0.489. The molecule has 0 atom stereocenters. The minimum absolute atomic E-state index is 0.165. The standard InChI is InChI=1S/C21H19ClO2S/c1-4-17(23)21-19(14-8-6-5-7-9-14)13(2)20(25-21)15-10-11-18(24-3)16(22)12-15/h5-12H,4H2,1-3H3. The number of thiophene rings is 1. The number of benzene rings is 2. The summed E-state index contributed by atoms with van der Waals surface area (Å²) in [4.78, 5) is 14.4. The van der Waals surface area contributed by atoms with Crippen molar-refractivity contribution in [1.82, 2.24) is 0 Å². The summed E-state index contributed by atoms with van der Waals surface area (Å²) in [7, 11) is 1.60. The summed E-state index contributed by atoms with van der Waals surface area (Å²) in [6.45, 7) is 3.97. The lowest BCUT2D eigenvalue weighted by Crippen LogP contribution is -1.95. The lowest BCUT2D eigenvalue weighted by molar-refractivity contribution is 0.0992. The van der Waals surface area contributed by atoms with Gasteiger partial charge in [-0.2, -0.15) is 0 Å². The average Bonchev–Trinajstić information content (AvgIpc) is 2.99. The van der Waals surface area contributed by atoms with Crippen LogP contribution >= 0.6 is 22.9 Å². The Morgan fingerprint density at radius 2 is 1.84 bits per heavy atom. The van der Waals surface area contributed by atoms with Crippen molar-refractivity contribution < 1.29 is 9.53 Å². The van der Waals surface area contributed by atoms with Gasteiger partial charge in [0.15, 0.2) is 5.78 Å². The summed E-state index contributed by atoms with van der Waals surface area (Å²) >= 11 is 7.84. The molecule has 0 unspecified atom stereocenters. The van der Waals surface area contributed by atoms with E-state index in [-0.39, 0.29) is 5.78 Å². The van der Waals surface area contributed by atoms with Gasteiger partial charge in [-0.1, -0.05) is 48.9 Å². The number of hydrogen-bond acceptors (Lipinski definition) is 3. The number of methoxy groups -OCH3 is 1. The molecule has 1 heterocycles. The van der Waals surface area contributed by atoms with Crippen LogP contribution in [0.3, 0.4) is 0 Å². The van der Waals surface area contributed by atoms with Crippen LogP contribution < -0.4 is 4.74 Å². The molecular weight excluding hydrogens is 352 g/mol. The second-order valence-corrected chi connectivity index (χ2v) is 7.18. The van der Waals surface area contributed by atoms with Crippen LogP contribution in [-0.2, 0) is 0 Å². The number of carbonyl (C=O) groups excluding carboxylic acids is 1. The van der Waals surface area contributed by atoms with Gasteiger partial charge in [0.2, 0.25) is 0 Å². The minimum atomic E-state index is 0.165. The van der Waals surface area contributed by atoms with Crippen LogP contribution in [0.5, 0.6) is 5.75 Å². The first-order chi connectivity index (χ1) is 12.1. The van der Waals surface area contributed by atoms with Crippen LogP contribution in [0.15, 0.2) is 48.5 Å². The molecule has 3 rings (SSSR count). The minimum Gasteiger partial charge on any atom is -0.495 e. The van der Waals surface area contributed by atoms with E-state index in [1.165, 1.54) is 11.3 Å². The lowest BCUT2D eigenvalue weighted by Gasteiger charge is -2.07. The SMILES string of the molecule is CCC(=O)c1sc(-c2ccc(OC)c(Cl)c2)c(C)c1-c1ccccc1. The zero-order valence-corrected chi connectivity index (χ0v) is 16.0. The van der Waals surface area contributed by atoms with E-state index in [1.54, 1.807) is 7.11 Å². The predicted molar refractivity (Wildman–Crippen MR) is 106 cm³/mol. The zero-order chi connectivity index (χ0) is 18.0. The van der Waals surface area contributed by atoms with Crippen molar-refractivity contribution in [3.63, 3.8) is 0 Å². The largest absolute Gasteiger partial charge is 0.495 e. The normalized spacial score (nSPS) is 10.7. The molecule has 0 saturated carbocycles. The summed E-state index contributed by atoms with van der Waals surface area (Å²) in [5.74, 6) is 0.811. The Morgan fingerprint density at radius 3 is 2.44 bits per heavy atom. The monoisotopic (exact) mass is 370 g/mol. The fourth-order valence-corrected chi connectivity index (χ4v) is 4.50. The first kappa shape index (κ1) is 17.7. The van der Waals surface area contributed by atoms with Crippen molar-refractivity contribution in [2.45, 2.75) is 20.3 Å². The van der Waals surface area contributed by atoms with Gasteiger partial charge in [0, 0.05) is 16.9 Å². The van der Waals surface area contributed by atoms with Gasteiger partial charge in [-0.15, -0.1) is 11.3 Å². The van der Waals surface area contributed by atoms with Gasteiger partial charge in [-0.25, -0.2) is 0 Å². The molecule has 2 aromatic carbocycles. The number of carbonyl (C=O) groups is 1. The number of halogens is 1. The van der Waals surface area contributed by atoms with Crippen LogP contribution in [0.2, 0.25) is 5.02 Å². The third kappa shape index (κ3) is 3.35. The van der Waals surface area contributed by atoms with Crippen molar-refractivity contribution in [2.24, 2.45) is 0 Å². The van der Waals surface area contributed by atoms with Crippen molar-refractivity contribution in [2.75, 3.05) is 7.11 Å². The summed E-state index contributed by atoms with van der Waals surface area (Å²) in [5, 5.41) is 0.567. The maximum atomic E-state index is 12.5. The highest BCUT2D eigenvalue weighted by molar-refractivity contribution is 7.18. The second kappa shape index (κ2) is 7.42. The number of rotatable bonds is 5. The second-order valence-electron chi connectivity index (χ2n) is 5.75. The lowest BCUT2D eigenvalue weighted by atomic mass is 9.97. The Morgan fingerprint density at radius 1 is 1.12 bits per heavy atom. The molecule has 0 amide bonds. The van der Waals surface area contributed by atoms with Crippen molar-refractivity contribution in [3.05, 3.63) is 64.0 Å². The van der Waals surface area contributed by atoms with E-state index in [0.717, 1.165) is 32.0 Å². The Labute approximate surface area is 157 Å². The number of Topliss-reactive ketones (excluding diaryl/α,β-unsaturated/α-hetero) is 1. The Bertz CT molecular complexity index is 913. The highest BCUT2D eigenvalue weighted by Gasteiger charge is 2.21. The molecule has 128 valence electrons. The Kier molecular flexibility index (Phi) is 5.26. The van der Waals surface area contributed by atoms with E-state index in [2.05, 4.69) is 6.92 Å². The van der Waals surface area contributed by atoms with Gasteiger partial charge in [0.05, 0.1) is 17.0 Å². The topological polar surface area (TPSA) is 26.3 Å². The molecule has 0 radical (unpaired) electrons. The molecule has 25 heavy (non-hydrogen) atoms. The summed E-state index contributed by atoms with van der Waals surface area (Å²) in [5.41, 5.74) is 4.20. The Hall–Kier alpha value is -2.10. The van der Waals surface area contributed by atoms with Crippen LogP contribution in [-0.4, -0.2) is 12.9 Å². The molecular formula is C21H19ClO2S. The molecule has 0 aliphatic heterocycles. The zero-order valence-electron chi connectivity index (χ0n) is 14.4. The Balaban J connectivity index is 2.21.